The van der Waals surface area contributed by atoms with Gasteiger partial charge in [-0.05, 0) is 31.2 Å². The number of hydrogen-bond donors (Lipinski definition) is 1. The number of methoxy groups -OCH3 is 1. The summed E-state index contributed by atoms with van der Waals surface area (Å²) >= 11 is 5.65. The number of anilines is 1. The molecule has 1 amide bonds. The van der Waals surface area contributed by atoms with Crippen LogP contribution in [0.1, 0.15) is 17.3 Å². The Hall–Kier alpha value is -2.60. The first-order chi connectivity index (χ1) is 11.0. The number of rotatable bonds is 5. The van der Waals surface area contributed by atoms with Gasteiger partial charge < -0.3 is 14.8 Å². The summed E-state index contributed by atoms with van der Waals surface area (Å²) in [5.74, 6) is -0.608. The molecule has 0 saturated carbocycles. The van der Waals surface area contributed by atoms with Gasteiger partial charge in [-0.15, -0.1) is 0 Å². The van der Waals surface area contributed by atoms with Gasteiger partial charge in [-0.3, -0.25) is 4.79 Å². The van der Waals surface area contributed by atoms with Crippen LogP contribution in [-0.2, 0) is 9.53 Å². The van der Waals surface area contributed by atoms with Gasteiger partial charge in [0.2, 0.25) is 0 Å². The van der Waals surface area contributed by atoms with Crippen molar-refractivity contribution in [2.24, 2.45) is 0 Å². The highest BCUT2D eigenvalue weighted by molar-refractivity contribution is 6.29. The average Bonchev–Trinajstić information content (AvgIpc) is 2.55. The first kappa shape index (κ1) is 16.8. The van der Waals surface area contributed by atoms with Crippen molar-refractivity contribution < 1.29 is 19.1 Å². The second-order valence-electron chi connectivity index (χ2n) is 4.61. The summed E-state index contributed by atoms with van der Waals surface area (Å²) in [4.78, 5) is 27.8. The summed E-state index contributed by atoms with van der Waals surface area (Å²) in [6, 6.07) is 9.89. The predicted octanol–water partition coefficient (Wildman–Crippen LogP) is 2.93. The molecule has 120 valence electrons. The van der Waals surface area contributed by atoms with Gasteiger partial charge in [-0.1, -0.05) is 23.7 Å². The first-order valence-corrected chi connectivity index (χ1v) is 7.15. The SMILES string of the molecule is COc1ccccc1NC(=O)C(C)OC(=O)c1ccc(Cl)nc1. The normalized spacial score (nSPS) is 11.4. The van der Waals surface area contributed by atoms with Crippen LogP contribution in [0.3, 0.4) is 0 Å². The van der Waals surface area contributed by atoms with Crippen molar-refractivity contribution >= 4 is 29.2 Å². The molecule has 1 atom stereocenters. The molecule has 1 aromatic heterocycles. The standard InChI is InChI=1S/C16H15ClN2O4/c1-10(23-16(21)11-7-8-14(17)18-9-11)15(20)19-12-5-3-4-6-13(12)22-2/h3-10H,1-2H3,(H,19,20). The molecule has 1 heterocycles. The van der Waals surface area contributed by atoms with Gasteiger partial charge in [0, 0.05) is 6.20 Å². The van der Waals surface area contributed by atoms with Crippen molar-refractivity contribution in [2.75, 3.05) is 12.4 Å². The minimum Gasteiger partial charge on any atom is -0.495 e. The summed E-state index contributed by atoms with van der Waals surface area (Å²) < 4.78 is 10.3. The maximum atomic E-state index is 12.1. The van der Waals surface area contributed by atoms with E-state index in [1.807, 2.05) is 0 Å². The van der Waals surface area contributed by atoms with E-state index in [2.05, 4.69) is 10.3 Å². The number of carbonyl (C=O) groups excluding carboxylic acids is 2. The van der Waals surface area contributed by atoms with Gasteiger partial charge in [0.1, 0.15) is 10.9 Å². The Bertz CT molecular complexity index is 703. The van der Waals surface area contributed by atoms with E-state index in [4.69, 9.17) is 21.1 Å². The van der Waals surface area contributed by atoms with Crippen LogP contribution >= 0.6 is 11.6 Å². The fourth-order valence-corrected chi connectivity index (χ4v) is 1.87. The van der Waals surface area contributed by atoms with Crippen LogP contribution in [0.5, 0.6) is 5.75 Å². The Labute approximate surface area is 138 Å². The van der Waals surface area contributed by atoms with Crippen molar-refractivity contribution in [1.82, 2.24) is 4.98 Å². The van der Waals surface area contributed by atoms with Gasteiger partial charge in [0.05, 0.1) is 18.4 Å². The number of ether oxygens (including phenoxy) is 2. The van der Waals surface area contributed by atoms with Gasteiger partial charge in [-0.2, -0.15) is 0 Å². The Morgan fingerprint density at radius 3 is 2.61 bits per heavy atom. The lowest BCUT2D eigenvalue weighted by Gasteiger charge is -2.15. The monoisotopic (exact) mass is 334 g/mol. The zero-order valence-corrected chi connectivity index (χ0v) is 13.3. The molecule has 0 fully saturated rings. The van der Waals surface area contributed by atoms with Crippen molar-refractivity contribution in [1.29, 1.82) is 0 Å². The molecule has 23 heavy (non-hydrogen) atoms. The zero-order valence-electron chi connectivity index (χ0n) is 12.6. The molecule has 1 aromatic carbocycles. The van der Waals surface area contributed by atoms with E-state index in [1.165, 1.54) is 32.4 Å². The van der Waals surface area contributed by atoms with E-state index in [0.717, 1.165) is 0 Å². The van der Waals surface area contributed by atoms with Crippen LogP contribution in [-0.4, -0.2) is 30.1 Å². The molecule has 0 aliphatic rings. The Balaban J connectivity index is 1.99. The minimum absolute atomic E-state index is 0.214. The number of para-hydroxylation sites is 2. The molecule has 2 aromatic rings. The van der Waals surface area contributed by atoms with Crippen molar-refractivity contribution in [3.05, 3.63) is 53.3 Å². The van der Waals surface area contributed by atoms with Crippen LogP contribution < -0.4 is 10.1 Å². The number of carbonyl (C=O) groups is 2. The summed E-state index contributed by atoms with van der Waals surface area (Å²) in [6.07, 6.45) is 0.304. The highest BCUT2D eigenvalue weighted by Crippen LogP contribution is 2.23. The van der Waals surface area contributed by atoms with E-state index in [-0.39, 0.29) is 10.7 Å². The number of nitrogens with one attached hydrogen (secondary N) is 1. The lowest BCUT2D eigenvalue weighted by atomic mass is 10.2. The highest BCUT2D eigenvalue weighted by Gasteiger charge is 2.20. The third kappa shape index (κ3) is 4.43. The Kier molecular flexibility index (Phi) is 5.54. The molecule has 7 heteroatoms. The van der Waals surface area contributed by atoms with Crippen LogP contribution in [0.4, 0.5) is 5.69 Å². The van der Waals surface area contributed by atoms with E-state index in [1.54, 1.807) is 24.3 Å². The minimum atomic E-state index is -0.983. The molecule has 1 unspecified atom stereocenters. The number of amides is 1. The Morgan fingerprint density at radius 1 is 1.22 bits per heavy atom. The molecule has 0 aliphatic heterocycles. The summed E-state index contributed by atoms with van der Waals surface area (Å²) in [5, 5.41) is 2.92. The summed E-state index contributed by atoms with van der Waals surface area (Å²) in [5.41, 5.74) is 0.711. The molecule has 0 aliphatic carbocycles. The van der Waals surface area contributed by atoms with Crippen LogP contribution in [0.15, 0.2) is 42.6 Å². The number of benzene rings is 1. The first-order valence-electron chi connectivity index (χ1n) is 6.77. The lowest BCUT2D eigenvalue weighted by molar-refractivity contribution is -0.123. The van der Waals surface area contributed by atoms with Gasteiger partial charge >= 0.3 is 5.97 Å². The molecule has 0 saturated heterocycles. The van der Waals surface area contributed by atoms with E-state index in [0.29, 0.717) is 11.4 Å². The smallest absolute Gasteiger partial charge is 0.340 e. The van der Waals surface area contributed by atoms with E-state index in [9.17, 15) is 9.59 Å². The van der Waals surface area contributed by atoms with Crippen molar-refractivity contribution in [3.8, 4) is 5.75 Å². The van der Waals surface area contributed by atoms with Gasteiger partial charge in [0.15, 0.2) is 6.10 Å². The molecular formula is C16H15ClN2O4. The molecule has 0 spiro atoms. The number of pyridine rings is 1. The maximum absolute atomic E-state index is 12.1. The fraction of sp³-hybridized carbons (Fsp3) is 0.188. The summed E-state index contributed by atoms with van der Waals surface area (Å²) in [6.45, 7) is 1.48. The van der Waals surface area contributed by atoms with Crippen LogP contribution in [0.25, 0.3) is 0 Å². The molecule has 2 rings (SSSR count). The molecule has 6 nitrogen and oxygen atoms in total. The number of halogens is 1. The predicted molar refractivity (Wildman–Crippen MR) is 85.7 cm³/mol. The number of esters is 1. The van der Waals surface area contributed by atoms with Crippen LogP contribution in [0.2, 0.25) is 5.15 Å². The maximum Gasteiger partial charge on any atom is 0.340 e. The van der Waals surface area contributed by atoms with Crippen molar-refractivity contribution in [2.45, 2.75) is 13.0 Å². The molecule has 1 N–H and O–H groups in total. The Morgan fingerprint density at radius 2 is 1.96 bits per heavy atom. The fourth-order valence-electron chi connectivity index (χ4n) is 1.76. The summed E-state index contributed by atoms with van der Waals surface area (Å²) in [7, 11) is 1.50. The second kappa shape index (κ2) is 7.60. The number of aromatic nitrogens is 1. The quantitative estimate of drug-likeness (QED) is 0.672. The second-order valence-corrected chi connectivity index (χ2v) is 4.99. The highest BCUT2D eigenvalue weighted by atomic mass is 35.5. The molecule has 0 radical (unpaired) electrons. The largest absolute Gasteiger partial charge is 0.495 e. The average molecular weight is 335 g/mol. The lowest BCUT2D eigenvalue weighted by Crippen LogP contribution is -2.30. The van der Waals surface area contributed by atoms with Crippen LogP contribution in [0, 0.1) is 0 Å². The number of hydrogen-bond acceptors (Lipinski definition) is 5. The van der Waals surface area contributed by atoms with E-state index >= 15 is 0 Å². The van der Waals surface area contributed by atoms with Gasteiger partial charge in [0.25, 0.3) is 5.91 Å². The molecule has 0 bridgehead atoms. The van der Waals surface area contributed by atoms with Crippen molar-refractivity contribution in [3.63, 3.8) is 0 Å². The van der Waals surface area contributed by atoms with Gasteiger partial charge in [-0.25, -0.2) is 9.78 Å². The molecular weight excluding hydrogens is 320 g/mol. The zero-order chi connectivity index (χ0) is 16.8. The third-order valence-electron chi connectivity index (χ3n) is 2.98. The van der Waals surface area contributed by atoms with E-state index < -0.39 is 18.0 Å². The third-order valence-corrected chi connectivity index (χ3v) is 3.20. The number of nitrogens with zero attached hydrogens (tertiary/aromatic N) is 1. The topological polar surface area (TPSA) is 77.5 Å².